The minimum Gasteiger partial charge on any atom is -0.485 e. The molecule has 0 fully saturated rings. The van der Waals surface area contributed by atoms with Crippen LogP contribution in [0.3, 0.4) is 0 Å². The van der Waals surface area contributed by atoms with Gasteiger partial charge in [-0.3, -0.25) is 0 Å². The van der Waals surface area contributed by atoms with Crippen molar-refractivity contribution >= 4 is 12.6 Å². The Balaban J connectivity index is 1.76. The van der Waals surface area contributed by atoms with Crippen LogP contribution in [0.4, 0.5) is 0 Å². The standard InChI is InChI=1S/C20H19BO4/c22-21(23)18-11-12-19(24-14-16-7-3-1-4-8-16)20(13-18)25-15-17-9-5-2-6-10-17/h1-13,22-23H,14-15H2. The second-order valence-electron chi connectivity index (χ2n) is 5.63. The predicted octanol–water partition coefficient (Wildman–Crippen LogP) is 2.52. The summed E-state index contributed by atoms with van der Waals surface area (Å²) in [7, 11) is -1.55. The van der Waals surface area contributed by atoms with Gasteiger partial charge in [-0.2, -0.15) is 0 Å². The van der Waals surface area contributed by atoms with Gasteiger partial charge in [0.05, 0.1) is 0 Å². The van der Waals surface area contributed by atoms with Gasteiger partial charge in [0.15, 0.2) is 11.5 Å². The van der Waals surface area contributed by atoms with Gasteiger partial charge in [0.25, 0.3) is 0 Å². The summed E-state index contributed by atoms with van der Waals surface area (Å²) in [4.78, 5) is 0. The van der Waals surface area contributed by atoms with Crippen LogP contribution in [0.15, 0.2) is 78.9 Å². The zero-order valence-corrected chi connectivity index (χ0v) is 13.7. The summed E-state index contributed by atoms with van der Waals surface area (Å²) in [6.45, 7) is 0.775. The summed E-state index contributed by atoms with van der Waals surface area (Å²) in [5.41, 5.74) is 2.42. The van der Waals surface area contributed by atoms with Crippen LogP contribution in [0, 0.1) is 0 Å². The van der Waals surface area contributed by atoms with Crippen LogP contribution in [0.25, 0.3) is 0 Å². The molecule has 0 amide bonds. The molecule has 3 rings (SSSR count). The Bertz CT molecular complexity index is 791. The topological polar surface area (TPSA) is 58.9 Å². The van der Waals surface area contributed by atoms with Crippen molar-refractivity contribution in [2.24, 2.45) is 0 Å². The van der Waals surface area contributed by atoms with E-state index in [4.69, 9.17) is 9.47 Å². The molecule has 0 aliphatic rings. The number of benzene rings is 3. The van der Waals surface area contributed by atoms with Crippen molar-refractivity contribution in [2.45, 2.75) is 13.2 Å². The first-order chi connectivity index (χ1) is 12.2. The average molecular weight is 334 g/mol. The molecule has 4 nitrogen and oxygen atoms in total. The van der Waals surface area contributed by atoms with E-state index in [9.17, 15) is 10.0 Å². The highest BCUT2D eigenvalue weighted by Crippen LogP contribution is 2.27. The van der Waals surface area contributed by atoms with Crippen LogP contribution in [-0.2, 0) is 13.2 Å². The highest BCUT2D eigenvalue weighted by atomic mass is 16.5. The first-order valence-electron chi connectivity index (χ1n) is 8.06. The number of hydrogen-bond donors (Lipinski definition) is 2. The van der Waals surface area contributed by atoms with E-state index in [0.29, 0.717) is 30.2 Å². The molecule has 0 heterocycles. The summed E-state index contributed by atoms with van der Waals surface area (Å²) in [6.07, 6.45) is 0. The van der Waals surface area contributed by atoms with E-state index in [1.54, 1.807) is 18.2 Å². The molecule has 3 aromatic rings. The third-order valence-electron chi connectivity index (χ3n) is 3.74. The minimum absolute atomic E-state index is 0.357. The van der Waals surface area contributed by atoms with Crippen LogP contribution < -0.4 is 14.9 Å². The molecule has 25 heavy (non-hydrogen) atoms. The van der Waals surface area contributed by atoms with E-state index in [2.05, 4.69) is 0 Å². The maximum atomic E-state index is 9.39. The molecule has 0 spiro atoms. The number of hydrogen-bond acceptors (Lipinski definition) is 4. The molecule has 0 radical (unpaired) electrons. The van der Waals surface area contributed by atoms with Crippen LogP contribution >= 0.6 is 0 Å². The van der Waals surface area contributed by atoms with Gasteiger partial charge < -0.3 is 19.5 Å². The monoisotopic (exact) mass is 334 g/mol. The molecule has 0 saturated carbocycles. The fourth-order valence-corrected chi connectivity index (χ4v) is 2.39. The third kappa shape index (κ3) is 4.86. The van der Waals surface area contributed by atoms with Crippen molar-refractivity contribution in [2.75, 3.05) is 0 Å². The third-order valence-corrected chi connectivity index (χ3v) is 3.74. The molecule has 2 N–H and O–H groups in total. The maximum Gasteiger partial charge on any atom is 0.488 e. The predicted molar refractivity (Wildman–Crippen MR) is 97.8 cm³/mol. The highest BCUT2D eigenvalue weighted by Gasteiger charge is 2.15. The van der Waals surface area contributed by atoms with Gasteiger partial charge in [-0.1, -0.05) is 66.7 Å². The van der Waals surface area contributed by atoms with Gasteiger partial charge in [0, 0.05) is 0 Å². The first-order valence-corrected chi connectivity index (χ1v) is 8.06. The lowest BCUT2D eigenvalue weighted by Crippen LogP contribution is -2.29. The summed E-state index contributed by atoms with van der Waals surface area (Å²) in [6, 6.07) is 24.5. The summed E-state index contributed by atoms with van der Waals surface area (Å²) in [5.74, 6) is 1.04. The number of rotatable bonds is 7. The molecule has 0 saturated heterocycles. The second kappa shape index (κ2) is 8.37. The lowest BCUT2D eigenvalue weighted by molar-refractivity contribution is 0.256. The normalized spacial score (nSPS) is 10.3. The van der Waals surface area contributed by atoms with Crippen molar-refractivity contribution in [1.82, 2.24) is 0 Å². The van der Waals surface area contributed by atoms with Gasteiger partial charge in [-0.25, -0.2) is 0 Å². The van der Waals surface area contributed by atoms with Crippen LogP contribution in [-0.4, -0.2) is 17.2 Å². The van der Waals surface area contributed by atoms with E-state index in [0.717, 1.165) is 11.1 Å². The van der Waals surface area contributed by atoms with Crippen molar-refractivity contribution in [1.29, 1.82) is 0 Å². The SMILES string of the molecule is OB(O)c1ccc(OCc2ccccc2)c(OCc2ccccc2)c1. The van der Waals surface area contributed by atoms with Crippen molar-refractivity contribution in [3.05, 3.63) is 90.0 Å². The summed E-state index contributed by atoms with van der Waals surface area (Å²) in [5, 5.41) is 18.8. The Kier molecular flexibility index (Phi) is 5.72. The largest absolute Gasteiger partial charge is 0.488 e. The van der Waals surface area contributed by atoms with E-state index >= 15 is 0 Å². The fourth-order valence-electron chi connectivity index (χ4n) is 2.39. The van der Waals surface area contributed by atoms with Gasteiger partial charge in [0.1, 0.15) is 13.2 Å². The minimum atomic E-state index is -1.55. The molecule has 0 aliphatic carbocycles. The lowest BCUT2D eigenvalue weighted by atomic mass is 9.80. The molecule has 5 heteroatoms. The fraction of sp³-hybridized carbons (Fsp3) is 0.100. The summed E-state index contributed by atoms with van der Waals surface area (Å²) < 4.78 is 11.7. The van der Waals surface area contributed by atoms with Gasteiger partial charge in [-0.05, 0) is 28.7 Å². The Labute approximate surface area is 147 Å². The van der Waals surface area contributed by atoms with Crippen molar-refractivity contribution in [3.8, 4) is 11.5 Å². The smallest absolute Gasteiger partial charge is 0.485 e. The molecular weight excluding hydrogens is 315 g/mol. The molecule has 0 aromatic heterocycles. The van der Waals surface area contributed by atoms with Crippen molar-refractivity contribution in [3.63, 3.8) is 0 Å². The zero-order chi connectivity index (χ0) is 17.5. The van der Waals surface area contributed by atoms with Crippen LogP contribution in [0.1, 0.15) is 11.1 Å². The van der Waals surface area contributed by atoms with E-state index < -0.39 is 7.12 Å². The van der Waals surface area contributed by atoms with E-state index in [1.807, 2.05) is 60.7 Å². The van der Waals surface area contributed by atoms with Gasteiger partial charge in [-0.15, -0.1) is 0 Å². The van der Waals surface area contributed by atoms with Gasteiger partial charge in [0.2, 0.25) is 0 Å². The molecular formula is C20H19BO4. The van der Waals surface area contributed by atoms with E-state index in [1.165, 1.54) is 0 Å². The average Bonchev–Trinajstić information content (AvgIpc) is 2.66. The molecule has 0 atom stereocenters. The van der Waals surface area contributed by atoms with Gasteiger partial charge >= 0.3 is 7.12 Å². The molecule has 0 aliphatic heterocycles. The van der Waals surface area contributed by atoms with Crippen molar-refractivity contribution < 1.29 is 19.5 Å². The zero-order valence-electron chi connectivity index (χ0n) is 13.7. The molecule has 126 valence electrons. The summed E-state index contributed by atoms with van der Waals surface area (Å²) >= 11 is 0. The Hall–Kier alpha value is -2.76. The Morgan fingerprint density at radius 3 is 1.68 bits per heavy atom. The van der Waals surface area contributed by atoms with Crippen LogP contribution in [0.2, 0.25) is 0 Å². The Morgan fingerprint density at radius 2 is 1.16 bits per heavy atom. The second-order valence-corrected chi connectivity index (χ2v) is 5.63. The quantitative estimate of drug-likeness (QED) is 0.652. The van der Waals surface area contributed by atoms with Crippen LogP contribution in [0.5, 0.6) is 11.5 Å². The highest BCUT2D eigenvalue weighted by molar-refractivity contribution is 6.58. The molecule has 0 bridgehead atoms. The first kappa shape index (κ1) is 17.1. The Morgan fingerprint density at radius 1 is 0.640 bits per heavy atom. The molecule has 0 unspecified atom stereocenters. The van der Waals surface area contributed by atoms with E-state index in [-0.39, 0.29) is 0 Å². The molecule has 3 aromatic carbocycles. The maximum absolute atomic E-state index is 9.39. The lowest BCUT2D eigenvalue weighted by Gasteiger charge is -2.14. The number of ether oxygens (including phenoxy) is 2.